The van der Waals surface area contributed by atoms with E-state index in [-0.39, 0.29) is 0 Å². The van der Waals surface area contributed by atoms with Crippen LogP contribution < -0.4 is 9.47 Å². The van der Waals surface area contributed by atoms with Gasteiger partial charge in [0.25, 0.3) is 0 Å². The van der Waals surface area contributed by atoms with Gasteiger partial charge in [-0.25, -0.2) is 4.68 Å². The van der Waals surface area contributed by atoms with Crippen molar-refractivity contribution in [2.75, 3.05) is 21.3 Å². The van der Waals surface area contributed by atoms with E-state index in [0.717, 1.165) is 35.0 Å². The van der Waals surface area contributed by atoms with Gasteiger partial charge in [0, 0.05) is 12.1 Å². The molecule has 2 aromatic carbocycles. The van der Waals surface area contributed by atoms with Gasteiger partial charge in [-0.15, -0.1) is 0 Å². The van der Waals surface area contributed by atoms with Gasteiger partial charge in [-0.1, -0.05) is 35.9 Å². The maximum absolute atomic E-state index is 5.41. The van der Waals surface area contributed by atoms with Crippen LogP contribution in [-0.2, 0) is 13.2 Å². The molecule has 1 aromatic heterocycles. The molecule has 0 spiro atoms. The fraction of sp³-hybridized carbons (Fsp3) is 0.300. The molecule has 0 aliphatic carbocycles. The Morgan fingerprint density at radius 2 is 1.78 bits per heavy atom. The van der Waals surface area contributed by atoms with Gasteiger partial charge in [0.05, 0.1) is 20.9 Å². The Morgan fingerprint density at radius 1 is 1.07 bits per heavy atom. The number of nitrogens with zero attached hydrogens (tertiary/aromatic N) is 3. The second-order valence-corrected chi connectivity index (χ2v) is 6.86. The summed E-state index contributed by atoms with van der Waals surface area (Å²) >= 11 is 5.41. The second-order valence-electron chi connectivity index (χ2n) is 6.49. The van der Waals surface area contributed by atoms with E-state index < -0.39 is 0 Å². The van der Waals surface area contributed by atoms with Crippen molar-refractivity contribution in [3.8, 4) is 22.9 Å². The molecule has 0 amide bonds. The van der Waals surface area contributed by atoms with Crippen LogP contribution in [0.3, 0.4) is 0 Å². The van der Waals surface area contributed by atoms with Gasteiger partial charge in [-0.05, 0) is 43.9 Å². The number of hydrogen-bond donors (Lipinski definition) is 1. The zero-order chi connectivity index (χ0) is 19.4. The third kappa shape index (κ3) is 4.56. The summed E-state index contributed by atoms with van der Waals surface area (Å²) in [6, 6.07) is 14.1. The van der Waals surface area contributed by atoms with Crippen LogP contribution >= 0.6 is 12.2 Å². The Morgan fingerprint density at radius 3 is 2.44 bits per heavy atom. The fourth-order valence-electron chi connectivity index (χ4n) is 2.88. The number of nitrogens with one attached hydrogen (secondary N) is 1. The van der Waals surface area contributed by atoms with Gasteiger partial charge in [0.15, 0.2) is 17.3 Å². The largest absolute Gasteiger partial charge is 0.493 e. The number of rotatable bonds is 7. The highest BCUT2D eigenvalue weighted by atomic mass is 32.1. The molecule has 1 heterocycles. The number of ether oxygens (including phenoxy) is 2. The third-order valence-corrected chi connectivity index (χ3v) is 4.60. The Hall–Kier alpha value is -2.64. The molecule has 0 unspecified atom stereocenters. The monoisotopic (exact) mass is 384 g/mol. The maximum Gasteiger partial charge on any atom is 0.217 e. The Bertz CT molecular complexity index is 963. The standard InChI is InChI=1S/C20H24N4O2S/c1-14-5-8-16(9-6-14)19-21-20(27)24(22-19)13-23(2)12-15-7-10-17(25-3)18(11-15)26-4/h5-11H,12-13H2,1-4H3,(H,21,22,27). The number of hydrogen-bond acceptors (Lipinski definition) is 5. The molecule has 0 saturated carbocycles. The fourth-order valence-corrected chi connectivity index (χ4v) is 3.07. The molecule has 0 bridgehead atoms. The van der Waals surface area contributed by atoms with Crippen molar-refractivity contribution in [3.05, 3.63) is 58.4 Å². The van der Waals surface area contributed by atoms with Crippen molar-refractivity contribution in [1.29, 1.82) is 0 Å². The summed E-state index contributed by atoms with van der Waals surface area (Å²) in [5.74, 6) is 2.23. The smallest absolute Gasteiger partial charge is 0.217 e. The van der Waals surface area contributed by atoms with E-state index in [4.69, 9.17) is 21.7 Å². The Kier molecular flexibility index (Phi) is 5.93. The van der Waals surface area contributed by atoms with E-state index in [9.17, 15) is 0 Å². The van der Waals surface area contributed by atoms with Crippen LogP contribution in [0.2, 0.25) is 0 Å². The lowest BCUT2D eigenvalue weighted by Gasteiger charge is -2.18. The first-order valence-electron chi connectivity index (χ1n) is 8.63. The molecular formula is C20H24N4O2S. The summed E-state index contributed by atoms with van der Waals surface area (Å²) in [6.07, 6.45) is 0. The SMILES string of the molecule is COc1ccc(CN(C)Cn2[nH]c(-c3ccc(C)cc3)nc2=S)cc1OC. The highest BCUT2D eigenvalue weighted by molar-refractivity contribution is 7.71. The number of H-pyrrole nitrogens is 1. The predicted octanol–water partition coefficient (Wildman–Crippen LogP) is 4.02. The molecule has 6 nitrogen and oxygen atoms in total. The molecule has 1 N–H and O–H groups in total. The van der Waals surface area contributed by atoms with Crippen LogP contribution in [0.25, 0.3) is 11.4 Å². The molecule has 0 aliphatic heterocycles. The number of benzene rings is 2. The van der Waals surface area contributed by atoms with Crippen molar-refractivity contribution in [2.45, 2.75) is 20.1 Å². The third-order valence-electron chi connectivity index (χ3n) is 4.29. The summed E-state index contributed by atoms with van der Waals surface area (Å²) in [4.78, 5) is 6.63. The molecule has 3 rings (SSSR count). The summed E-state index contributed by atoms with van der Waals surface area (Å²) in [7, 11) is 5.31. The van der Waals surface area contributed by atoms with Crippen molar-refractivity contribution in [3.63, 3.8) is 0 Å². The minimum absolute atomic E-state index is 0.532. The normalized spacial score (nSPS) is 11.0. The van der Waals surface area contributed by atoms with Crippen LogP contribution in [-0.4, -0.2) is 40.9 Å². The van der Waals surface area contributed by atoms with Crippen LogP contribution in [0.1, 0.15) is 11.1 Å². The molecule has 0 radical (unpaired) electrons. The van der Waals surface area contributed by atoms with Gasteiger partial charge in [-0.3, -0.25) is 10.00 Å². The van der Waals surface area contributed by atoms with E-state index >= 15 is 0 Å². The van der Waals surface area contributed by atoms with Gasteiger partial charge in [0.1, 0.15) is 0 Å². The average molecular weight is 385 g/mol. The van der Waals surface area contributed by atoms with Crippen LogP contribution in [0.5, 0.6) is 11.5 Å². The molecule has 3 aromatic rings. The molecule has 27 heavy (non-hydrogen) atoms. The first kappa shape index (κ1) is 19.1. The second kappa shape index (κ2) is 8.37. The highest BCUT2D eigenvalue weighted by Gasteiger charge is 2.09. The summed E-state index contributed by atoms with van der Waals surface area (Å²) < 4.78 is 13.1. The molecular weight excluding hydrogens is 360 g/mol. The lowest BCUT2D eigenvalue weighted by Crippen LogP contribution is -2.22. The predicted molar refractivity (Wildman–Crippen MR) is 109 cm³/mol. The molecule has 0 aliphatic rings. The zero-order valence-corrected chi connectivity index (χ0v) is 16.8. The van der Waals surface area contributed by atoms with E-state index in [1.54, 1.807) is 14.2 Å². The van der Waals surface area contributed by atoms with E-state index in [0.29, 0.717) is 11.4 Å². The van der Waals surface area contributed by atoms with Gasteiger partial charge in [0.2, 0.25) is 4.77 Å². The van der Waals surface area contributed by atoms with Crippen molar-refractivity contribution in [2.24, 2.45) is 0 Å². The molecule has 7 heteroatoms. The first-order valence-corrected chi connectivity index (χ1v) is 9.04. The lowest BCUT2D eigenvalue weighted by atomic mass is 10.1. The van der Waals surface area contributed by atoms with E-state index in [1.165, 1.54) is 5.56 Å². The topological polar surface area (TPSA) is 55.3 Å². The number of methoxy groups -OCH3 is 2. The maximum atomic E-state index is 5.41. The summed E-state index contributed by atoms with van der Waals surface area (Å²) in [5.41, 5.74) is 3.36. The van der Waals surface area contributed by atoms with Crippen LogP contribution in [0.15, 0.2) is 42.5 Å². The van der Waals surface area contributed by atoms with E-state index in [1.807, 2.05) is 42.1 Å². The van der Waals surface area contributed by atoms with Crippen molar-refractivity contribution < 1.29 is 9.47 Å². The number of aryl methyl sites for hydroxylation is 1. The Labute approximate surface area is 164 Å². The minimum atomic E-state index is 0.532. The molecule has 0 fully saturated rings. The Balaban J connectivity index is 1.72. The minimum Gasteiger partial charge on any atom is -0.493 e. The zero-order valence-electron chi connectivity index (χ0n) is 16.0. The first-order chi connectivity index (χ1) is 13.0. The molecule has 142 valence electrons. The van der Waals surface area contributed by atoms with Crippen LogP contribution in [0.4, 0.5) is 0 Å². The van der Waals surface area contributed by atoms with Crippen molar-refractivity contribution in [1.82, 2.24) is 19.7 Å². The molecule has 0 atom stereocenters. The highest BCUT2D eigenvalue weighted by Crippen LogP contribution is 2.28. The lowest BCUT2D eigenvalue weighted by molar-refractivity contribution is 0.244. The van der Waals surface area contributed by atoms with Crippen molar-refractivity contribution >= 4 is 12.2 Å². The van der Waals surface area contributed by atoms with Gasteiger partial charge < -0.3 is 9.47 Å². The average Bonchev–Trinajstić information content (AvgIpc) is 3.02. The van der Waals surface area contributed by atoms with E-state index in [2.05, 4.69) is 34.0 Å². The summed E-state index contributed by atoms with van der Waals surface area (Å²) in [6.45, 7) is 3.40. The van der Waals surface area contributed by atoms with Gasteiger partial charge >= 0.3 is 0 Å². The van der Waals surface area contributed by atoms with Gasteiger partial charge in [-0.2, -0.15) is 4.98 Å². The number of aromatic amines is 1. The molecule has 0 saturated heterocycles. The summed E-state index contributed by atoms with van der Waals surface area (Å²) in [5, 5.41) is 3.29. The number of aromatic nitrogens is 3. The quantitative estimate of drug-likeness (QED) is 0.624. The van der Waals surface area contributed by atoms with Crippen LogP contribution in [0, 0.1) is 11.7 Å².